The number of anilines is 2. The maximum atomic E-state index is 11.7. The Balaban J connectivity index is 2.88. The van der Waals surface area contributed by atoms with Crippen LogP contribution in [-0.2, 0) is 9.53 Å². The number of carbonyl (C=O) groups excluding carboxylic acids is 1. The van der Waals surface area contributed by atoms with Crippen LogP contribution in [0.1, 0.15) is 20.3 Å². The predicted molar refractivity (Wildman–Crippen MR) is 73.0 cm³/mol. The summed E-state index contributed by atoms with van der Waals surface area (Å²) < 4.78 is 5.41. The van der Waals surface area contributed by atoms with Gasteiger partial charge in [0.15, 0.2) is 0 Å². The molecule has 1 atom stereocenters. The number of ether oxygens (including phenoxy) is 1. The van der Waals surface area contributed by atoms with E-state index in [9.17, 15) is 4.79 Å². The monoisotopic (exact) mass is 316 g/mol. The average molecular weight is 317 g/mol. The summed E-state index contributed by atoms with van der Waals surface area (Å²) in [5.41, 5.74) is 5.51. The van der Waals surface area contributed by atoms with Gasteiger partial charge in [0.25, 0.3) is 0 Å². The van der Waals surface area contributed by atoms with Crippen molar-refractivity contribution in [3.8, 4) is 0 Å². The molecule has 0 fully saturated rings. The fraction of sp³-hybridized carbons (Fsp3) is 0.545. The van der Waals surface area contributed by atoms with Gasteiger partial charge in [-0.1, -0.05) is 13.8 Å². The third-order valence-corrected chi connectivity index (χ3v) is 2.85. The number of nitrogens with one attached hydrogen (secondary N) is 1. The van der Waals surface area contributed by atoms with Crippen molar-refractivity contribution in [2.75, 3.05) is 18.2 Å². The molecular formula is C11H17BrN4O2. The number of carbonyl (C=O) groups is 1. The van der Waals surface area contributed by atoms with Crippen LogP contribution in [-0.4, -0.2) is 29.1 Å². The second kappa shape index (κ2) is 6.53. The van der Waals surface area contributed by atoms with Crippen molar-refractivity contribution in [3.63, 3.8) is 0 Å². The first-order valence-electron chi connectivity index (χ1n) is 5.56. The predicted octanol–water partition coefficient (Wildman–Crippen LogP) is 1.82. The van der Waals surface area contributed by atoms with Gasteiger partial charge in [0.1, 0.15) is 11.9 Å². The van der Waals surface area contributed by atoms with Crippen LogP contribution < -0.4 is 11.1 Å². The van der Waals surface area contributed by atoms with Crippen molar-refractivity contribution in [1.29, 1.82) is 0 Å². The molecule has 1 unspecified atom stereocenters. The lowest BCUT2D eigenvalue weighted by Crippen LogP contribution is -2.32. The normalized spacial score (nSPS) is 12.3. The largest absolute Gasteiger partial charge is 0.467 e. The van der Waals surface area contributed by atoms with Gasteiger partial charge in [0, 0.05) is 6.20 Å². The Morgan fingerprint density at radius 2 is 2.28 bits per heavy atom. The fourth-order valence-electron chi connectivity index (χ4n) is 1.47. The van der Waals surface area contributed by atoms with Crippen LogP contribution in [0.5, 0.6) is 0 Å². The molecule has 0 aliphatic rings. The van der Waals surface area contributed by atoms with Gasteiger partial charge in [-0.05, 0) is 28.3 Å². The highest BCUT2D eigenvalue weighted by atomic mass is 79.9. The maximum absolute atomic E-state index is 11.7. The van der Waals surface area contributed by atoms with E-state index < -0.39 is 6.04 Å². The van der Waals surface area contributed by atoms with Gasteiger partial charge < -0.3 is 15.8 Å². The van der Waals surface area contributed by atoms with E-state index in [1.807, 2.05) is 13.8 Å². The minimum absolute atomic E-state index is 0.147. The number of hydrogen-bond donors (Lipinski definition) is 2. The van der Waals surface area contributed by atoms with E-state index in [-0.39, 0.29) is 11.9 Å². The van der Waals surface area contributed by atoms with Gasteiger partial charge >= 0.3 is 5.97 Å². The zero-order valence-electron chi connectivity index (χ0n) is 10.6. The minimum Gasteiger partial charge on any atom is -0.467 e. The van der Waals surface area contributed by atoms with Gasteiger partial charge in [-0.25, -0.2) is 9.78 Å². The smallest absolute Gasteiger partial charge is 0.328 e. The molecule has 0 spiro atoms. The Morgan fingerprint density at radius 3 is 2.83 bits per heavy atom. The molecule has 0 saturated carbocycles. The average Bonchev–Trinajstić information content (AvgIpc) is 2.31. The van der Waals surface area contributed by atoms with Gasteiger partial charge in [-0.2, -0.15) is 4.98 Å². The number of esters is 1. The van der Waals surface area contributed by atoms with Crippen LogP contribution in [0.4, 0.5) is 11.8 Å². The van der Waals surface area contributed by atoms with Crippen LogP contribution in [0.2, 0.25) is 0 Å². The Bertz CT molecular complexity index is 426. The second-order valence-electron chi connectivity index (χ2n) is 4.27. The van der Waals surface area contributed by atoms with Crippen molar-refractivity contribution in [1.82, 2.24) is 9.97 Å². The number of hydrogen-bond acceptors (Lipinski definition) is 6. The molecule has 3 N–H and O–H groups in total. The summed E-state index contributed by atoms with van der Waals surface area (Å²) in [7, 11) is 1.36. The van der Waals surface area contributed by atoms with Gasteiger partial charge in [0.05, 0.1) is 11.6 Å². The Hall–Kier alpha value is -1.37. The summed E-state index contributed by atoms with van der Waals surface area (Å²) in [6, 6.07) is -0.458. The van der Waals surface area contributed by atoms with Crippen molar-refractivity contribution in [3.05, 3.63) is 10.7 Å². The quantitative estimate of drug-likeness (QED) is 0.805. The molecule has 0 saturated heterocycles. The van der Waals surface area contributed by atoms with Gasteiger partial charge in [-0.3, -0.25) is 0 Å². The maximum Gasteiger partial charge on any atom is 0.328 e. The minimum atomic E-state index is -0.458. The molecule has 1 aromatic heterocycles. The Kier molecular flexibility index (Phi) is 5.33. The lowest BCUT2D eigenvalue weighted by Gasteiger charge is -2.19. The molecule has 0 aliphatic heterocycles. The van der Waals surface area contributed by atoms with Crippen molar-refractivity contribution in [2.24, 2.45) is 5.92 Å². The highest BCUT2D eigenvalue weighted by Gasteiger charge is 2.21. The molecule has 100 valence electrons. The van der Waals surface area contributed by atoms with Crippen LogP contribution in [0.3, 0.4) is 0 Å². The molecule has 7 heteroatoms. The first kappa shape index (κ1) is 14.7. The Labute approximate surface area is 114 Å². The molecule has 0 radical (unpaired) electrons. The number of nitrogen functional groups attached to an aromatic ring is 1. The number of nitrogens with two attached hydrogens (primary N) is 1. The lowest BCUT2D eigenvalue weighted by molar-refractivity contribution is -0.141. The van der Waals surface area contributed by atoms with Crippen molar-refractivity contribution in [2.45, 2.75) is 26.3 Å². The molecule has 0 amide bonds. The summed E-state index contributed by atoms with van der Waals surface area (Å²) in [5, 5.41) is 3.02. The lowest BCUT2D eigenvalue weighted by atomic mass is 10.0. The first-order chi connectivity index (χ1) is 8.43. The highest BCUT2D eigenvalue weighted by molar-refractivity contribution is 9.10. The summed E-state index contributed by atoms with van der Waals surface area (Å²) in [4.78, 5) is 19.5. The Morgan fingerprint density at radius 1 is 1.61 bits per heavy atom. The molecule has 0 bridgehead atoms. The molecule has 18 heavy (non-hydrogen) atoms. The van der Waals surface area contributed by atoms with Crippen LogP contribution in [0.25, 0.3) is 0 Å². The van der Waals surface area contributed by atoms with E-state index in [1.54, 1.807) is 0 Å². The zero-order chi connectivity index (χ0) is 13.7. The summed E-state index contributed by atoms with van der Waals surface area (Å²) in [5.74, 6) is 0.653. The van der Waals surface area contributed by atoms with Crippen LogP contribution >= 0.6 is 15.9 Å². The van der Waals surface area contributed by atoms with E-state index in [1.165, 1.54) is 13.3 Å². The SMILES string of the molecule is COC(=O)C(CC(C)C)Nc1nc(N)ncc1Br. The zero-order valence-corrected chi connectivity index (χ0v) is 12.2. The molecule has 0 aromatic carbocycles. The van der Waals surface area contributed by atoms with E-state index >= 15 is 0 Å². The summed E-state index contributed by atoms with van der Waals surface area (Å²) in [6.45, 7) is 4.06. The fourth-order valence-corrected chi connectivity index (χ4v) is 1.78. The molecular weight excluding hydrogens is 300 g/mol. The summed E-state index contributed by atoms with van der Waals surface area (Å²) >= 11 is 3.30. The molecule has 0 aliphatic carbocycles. The van der Waals surface area contributed by atoms with Gasteiger partial charge in [-0.15, -0.1) is 0 Å². The number of methoxy groups -OCH3 is 1. The van der Waals surface area contributed by atoms with E-state index in [4.69, 9.17) is 10.5 Å². The standard InChI is InChI=1S/C11H17BrN4O2/c1-6(2)4-8(10(17)18-3)15-9-7(12)5-14-11(13)16-9/h5-6,8H,4H2,1-3H3,(H3,13,14,15,16). The van der Waals surface area contributed by atoms with Crippen molar-refractivity contribution >= 4 is 33.7 Å². The third kappa shape index (κ3) is 4.14. The molecule has 1 rings (SSSR count). The highest BCUT2D eigenvalue weighted by Crippen LogP contribution is 2.21. The van der Waals surface area contributed by atoms with E-state index in [0.29, 0.717) is 22.6 Å². The second-order valence-corrected chi connectivity index (χ2v) is 5.13. The van der Waals surface area contributed by atoms with Crippen molar-refractivity contribution < 1.29 is 9.53 Å². The number of nitrogens with zero attached hydrogens (tertiary/aromatic N) is 2. The van der Waals surface area contributed by atoms with Gasteiger partial charge in [0.2, 0.25) is 5.95 Å². The summed E-state index contributed by atoms with van der Waals surface area (Å²) in [6.07, 6.45) is 2.18. The van der Waals surface area contributed by atoms with Crippen LogP contribution in [0.15, 0.2) is 10.7 Å². The first-order valence-corrected chi connectivity index (χ1v) is 6.35. The molecule has 1 aromatic rings. The third-order valence-electron chi connectivity index (χ3n) is 2.27. The number of aromatic nitrogens is 2. The molecule has 6 nitrogen and oxygen atoms in total. The number of halogens is 1. The van der Waals surface area contributed by atoms with E-state index in [2.05, 4.69) is 31.2 Å². The topological polar surface area (TPSA) is 90.1 Å². The number of rotatable bonds is 5. The van der Waals surface area contributed by atoms with E-state index in [0.717, 1.165) is 0 Å². The van der Waals surface area contributed by atoms with Crippen LogP contribution in [0, 0.1) is 5.92 Å². The molecule has 1 heterocycles.